The highest BCUT2D eigenvalue weighted by Gasteiger charge is 2.50. The molecule has 0 N–H and O–H groups in total. The number of allylic oxidation sites excluding steroid dienone is 2. The molecule has 1 heteroatoms. The average Bonchev–Trinajstić information content (AvgIpc) is 2.40. The van der Waals surface area contributed by atoms with E-state index in [4.69, 9.17) is 0 Å². The van der Waals surface area contributed by atoms with Gasteiger partial charge in [0.05, 0.1) is 0 Å². The van der Waals surface area contributed by atoms with Crippen molar-refractivity contribution >= 4 is 5.78 Å². The van der Waals surface area contributed by atoms with Gasteiger partial charge in [0.2, 0.25) is 0 Å². The van der Waals surface area contributed by atoms with Crippen LogP contribution in [0.4, 0.5) is 0 Å². The normalized spacial score (nSPS) is 48.4. The molecule has 60 valence electrons. The second-order valence-corrected chi connectivity index (χ2v) is 4.02. The Morgan fingerprint density at radius 2 is 2.27 bits per heavy atom. The topological polar surface area (TPSA) is 17.1 Å². The summed E-state index contributed by atoms with van der Waals surface area (Å²) in [5.74, 6) is 1.48. The molecule has 1 saturated carbocycles. The minimum absolute atomic E-state index is 0.0278. The zero-order chi connectivity index (χ0) is 8.06. The summed E-state index contributed by atoms with van der Waals surface area (Å²) in [5, 5.41) is 0. The van der Waals surface area contributed by atoms with Crippen LogP contribution in [0.2, 0.25) is 0 Å². The van der Waals surface area contributed by atoms with Crippen molar-refractivity contribution in [1.82, 2.24) is 0 Å². The molecule has 11 heavy (non-hydrogen) atoms. The first kappa shape index (κ1) is 7.08. The van der Waals surface area contributed by atoms with Crippen molar-refractivity contribution in [2.75, 3.05) is 0 Å². The van der Waals surface area contributed by atoms with E-state index in [1.54, 1.807) is 0 Å². The molecule has 0 bridgehead atoms. The Hall–Kier alpha value is -0.590. The molecule has 2 aliphatic carbocycles. The van der Waals surface area contributed by atoms with E-state index < -0.39 is 0 Å². The average molecular weight is 150 g/mol. The van der Waals surface area contributed by atoms with Crippen LogP contribution in [0.3, 0.4) is 0 Å². The summed E-state index contributed by atoms with van der Waals surface area (Å²) in [6.45, 7) is 4.28. The molecule has 0 unspecified atom stereocenters. The lowest BCUT2D eigenvalue weighted by molar-refractivity contribution is -0.127. The lowest BCUT2D eigenvalue weighted by Crippen LogP contribution is -2.30. The standard InChI is InChI=1S/C10H14O/c1-7-3-4-8-5-6-9(11)10(7,8)2/h3-4,7-8H,5-6H2,1-2H3/t7-,8+,10+/m0/s1. The highest BCUT2D eigenvalue weighted by atomic mass is 16.1. The molecule has 0 heterocycles. The molecule has 0 amide bonds. The van der Waals surface area contributed by atoms with Gasteiger partial charge in [-0.25, -0.2) is 0 Å². The third-order valence-corrected chi connectivity index (χ3v) is 3.63. The molecule has 0 aromatic carbocycles. The fraction of sp³-hybridized carbons (Fsp3) is 0.700. The quantitative estimate of drug-likeness (QED) is 0.484. The van der Waals surface area contributed by atoms with E-state index >= 15 is 0 Å². The zero-order valence-corrected chi connectivity index (χ0v) is 7.13. The van der Waals surface area contributed by atoms with Gasteiger partial charge in [-0.3, -0.25) is 4.79 Å². The molecule has 0 aliphatic heterocycles. The molecule has 0 radical (unpaired) electrons. The molecule has 3 atom stereocenters. The van der Waals surface area contributed by atoms with Gasteiger partial charge in [-0.2, -0.15) is 0 Å². The van der Waals surface area contributed by atoms with Crippen molar-refractivity contribution in [2.24, 2.45) is 17.3 Å². The molecule has 0 spiro atoms. The van der Waals surface area contributed by atoms with Crippen LogP contribution in [0, 0.1) is 17.3 Å². The van der Waals surface area contributed by atoms with Crippen LogP contribution in [0.1, 0.15) is 26.7 Å². The first-order valence-electron chi connectivity index (χ1n) is 4.37. The molecule has 1 nitrogen and oxygen atoms in total. The number of ketones is 1. The minimum atomic E-state index is -0.0278. The van der Waals surface area contributed by atoms with E-state index in [9.17, 15) is 4.79 Å². The summed E-state index contributed by atoms with van der Waals surface area (Å²) in [5.41, 5.74) is -0.0278. The van der Waals surface area contributed by atoms with Gasteiger partial charge in [0.15, 0.2) is 0 Å². The number of carbonyl (C=O) groups excluding carboxylic acids is 1. The number of fused-ring (bicyclic) bond motifs is 1. The van der Waals surface area contributed by atoms with E-state index in [1.807, 2.05) is 0 Å². The summed E-state index contributed by atoms with van der Waals surface area (Å²) in [6.07, 6.45) is 6.31. The fourth-order valence-electron chi connectivity index (χ4n) is 2.45. The maximum Gasteiger partial charge on any atom is 0.139 e. The monoisotopic (exact) mass is 150 g/mol. The molecular weight excluding hydrogens is 136 g/mol. The second-order valence-electron chi connectivity index (χ2n) is 4.02. The number of hydrogen-bond donors (Lipinski definition) is 0. The summed E-state index contributed by atoms with van der Waals surface area (Å²) in [6, 6.07) is 0. The summed E-state index contributed by atoms with van der Waals surface area (Å²) >= 11 is 0. The van der Waals surface area contributed by atoms with Crippen LogP contribution in [0.5, 0.6) is 0 Å². The molecule has 0 aromatic rings. The summed E-state index contributed by atoms with van der Waals surface area (Å²) < 4.78 is 0. The molecular formula is C10H14O. The van der Waals surface area contributed by atoms with Gasteiger partial charge in [0, 0.05) is 11.8 Å². The SMILES string of the molecule is C[C@H]1C=C[C@@H]2CCC(=O)[C@@]21C. The molecule has 2 aliphatic rings. The van der Waals surface area contributed by atoms with Gasteiger partial charge in [-0.1, -0.05) is 26.0 Å². The molecule has 1 fully saturated rings. The van der Waals surface area contributed by atoms with Crippen molar-refractivity contribution in [1.29, 1.82) is 0 Å². The van der Waals surface area contributed by atoms with Crippen LogP contribution in [-0.4, -0.2) is 5.78 Å². The number of carbonyl (C=O) groups is 1. The summed E-state index contributed by atoms with van der Waals surface area (Å²) in [7, 11) is 0. The van der Waals surface area contributed by atoms with Crippen molar-refractivity contribution in [3.05, 3.63) is 12.2 Å². The number of Topliss-reactive ketones (excluding diaryl/α,β-unsaturated/α-hetero) is 1. The predicted molar refractivity (Wildman–Crippen MR) is 44.1 cm³/mol. The molecule has 2 rings (SSSR count). The maximum atomic E-state index is 11.5. The Labute approximate surface area is 67.5 Å². The largest absolute Gasteiger partial charge is 0.299 e. The smallest absolute Gasteiger partial charge is 0.139 e. The third kappa shape index (κ3) is 0.688. The van der Waals surface area contributed by atoms with Crippen LogP contribution < -0.4 is 0 Å². The van der Waals surface area contributed by atoms with E-state index in [0.29, 0.717) is 17.6 Å². The Morgan fingerprint density at radius 1 is 1.55 bits per heavy atom. The van der Waals surface area contributed by atoms with Gasteiger partial charge in [-0.05, 0) is 18.3 Å². The van der Waals surface area contributed by atoms with Gasteiger partial charge in [0.25, 0.3) is 0 Å². The van der Waals surface area contributed by atoms with Gasteiger partial charge in [-0.15, -0.1) is 0 Å². The maximum absolute atomic E-state index is 11.5. The fourth-order valence-corrected chi connectivity index (χ4v) is 2.45. The van der Waals surface area contributed by atoms with Crippen LogP contribution in [0.15, 0.2) is 12.2 Å². The highest BCUT2D eigenvalue weighted by Crippen LogP contribution is 2.50. The second kappa shape index (κ2) is 1.96. The van der Waals surface area contributed by atoms with Crippen molar-refractivity contribution in [3.8, 4) is 0 Å². The first-order chi connectivity index (χ1) is 5.15. The van der Waals surface area contributed by atoms with Crippen molar-refractivity contribution < 1.29 is 4.79 Å². The lowest BCUT2D eigenvalue weighted by Gasteiger charge is -2.27. The minimum Gasteiger partial charge on any atom is -0.299 e. The Bertz CT molecular complexity index is 229. The lowest BCUT2D eigenvalue weighted by atomic mass is 9.75. The van der Waals surface area contributed by atoms with Gasteiger partial charge >= 0.3 is 0 Å². The van der Waals surface area contributed by atoms with Crippen LogP contribution >= 0.6 is 0 Å². The van der Waals surface area contributed by atoms with Crippen molar-refractivity contribution in [2.45, 2.75) is 26.7 Å². The van der Waals surface area contributed by atoms with Gasteiger partial charge in [0.1, 0.15) is 5.78 Å². The summed E-state index contributed by atoms with van der Waals surface area (Å²) in [4.78, 5) is 11.5. The van der Waals surface area contributed by atoms with Crippen LogP contribution in [-0.2, 0) is 4.79 Å². The Balaban J connectivity index is 2.39. The number of rotatable bonds is 0. The Morgan fingerprint density at radius 3 is 2.91 bits per heavy atom. The van der Waals surface area contributed by atoms with E-state index in [2.05, 4.69) is 26.0 Å². The van der Waals surface area contributed by atoms with Crippen LogP contribution in [0.25, 0.3) is 0 Å². The number of hydrogen-bond acceptors (Lipinski definition) is 1. The highest BCUT2D eigenvalue weighted by molar-refractivity contribution is 5.88. The Kier molecular flexibility index (Phi) is 1.26. The zero-order valence-electron chi connectivity index (χ0n) is 7.13. The molecule has 0 aromatic heterocycles. The predicted octanol–water partition coefficient (Wildman–Crippen LogP) is 2.18. The first-order valence-corrected chi connectivity index (χ1v) is 4.37. The third-order valence-electron chi connectivity index (χ3n) is 3.63. The van der Waals surface area contributed by atoms with Gasteiger partial charge < -0.3 is 0 Å². The van der Waals surface area contributed by atoms with E-state index in [1.165, 1.54) is 0 Å². The molecule has 0 saturated heterocycles. The van der Waals surface area contributed by atoms with E-state index in [-0.39, 0.29) is 5.41 Å². The van der Waals surface area contributed by atoms with E-state index in [0.717, 1.165) is 12.8 Å². The van der Waals surface area contributed by atoms with Crippen molar-refractivity contribution in [3.63, 3.8) is 0 Å².